The molecule has 0 saturated carbocycles. The lowest BCUT2D eigenvalue weighted by Crippen LogP contribution is -2.27. The van der Waals surface area contributed by atoms with Crippen molar-refractivity contribution in [2.75, 3.05) is 0 Å². The highest BCUT2D eigenvalue weighted by Crippen LogP contribution is 2.36. The van der Waals surface area contributed by atoms with Gasteiger partial charge in [0.15, 0.2) is 0 Å². The van der Waals surface area contributed by atoms with Gasteiger partial charge in [0, 0.05) is 5.56 Å². The third-order valence-corrected chi connectivity index (χ3v) is 7.31. The van der Waals surface area contributed by atoms with Crippen LogP contribution in [0.25, 0.3) is 16.8 Å². The normalized spacial score (nSPS) is 14.8. The van der Waals surface area contributed by atoms with Gasteiger partial charge in [0.05, 0.1) is 21.5 Å². The molecular weight excluding hydrogens is 501 g/mol. The summed E-state index contributed by atoms with van der Waals surface area (Å²) in [6, 6.07) is 26.5. The number of carbonyl (C=O) groups is 2. The van der Waals surface area contributed by atoms with Crippen molar-refractivity contribution < 1.29 is 14.3 Å². The van der Waals surface area contributed by atoms with Crippen LogP contribution in [0.5, 0.6) is 5.75 Å². The molecule has 1 fully saturated rings. The Bertz CT molecular complexity index is 1480. The van der Waals surface area contributed by atoms with Crippen LogP contribution in [0.4, 0.5) is 4.79 Å². The third-order valence-electron chi connectivity index (χ3n) is 5.67. The van der Waals surface area contributed by atoms with E-state index in [9.17, 15) is 9.59 Å². The quantitative estimate of drug-likeness (QED) is 0.242. The van der Waals surface area contributed by atoms with E-state index < -0.39 is 0 Å². The van der Waals surface area contributed by atoms with E-state index in [1.165, 1.54) is 4.90 Å². The van der Waals surface area contributed by atoms with Crippen molar-refractivity contribution in [3.05, 3.63) is 117 Å². The van der Waals surface area contributed by atoms with Crippen LogP contribution in [0.2, 0.25) is 10.0 Å². The van der Waals surface area contributed by atoms with Gasteiger partial charge in [-0.1, -0.05) is 89.9 Å². The lowest BCUT2D eigenvalue weighted by atomic mass is 10.0. The van der Waals surface area contributed by atoms with Crippen LogP contribution in [-0.4, -0.2) is 16.0 Å². The van der Waals surface area contributed by atoms with Gasteiger partial charge in [0.1, 0.15) is 12.4 Å². The molecule has 0 spiro atoms. The van der Waals surface area contributed by atoms with E-state index in [2.05, 4.69) is 0 Å². The molecule has 35 heavy (non-hydrogen) atoms. The molecule has 1 aliphatic heterocycles. The number of thioether (sulfide) groups is 1. The van der Waals surface area contributed by atoms with Gasteiger partial charge in [0.25, 0.3) is 11.1 Å². The summed E-state index contributed by atoms with van der Waals surface area (Å²) in [5.41, 5.74) is 2.50. The molecule has 2 amide bonds. The number of hydrogen-bond acceptors (Lipinski definition) is 4. The molecule has 0 aromatic heterocycles. The molecule has 5 rings (SSSR count). The topological polar surface area (TPSA) is 46.6 Å². The predicted molar refractivity (Wildman–Crippen MR) is 143 cm³/mol. The molecule has 4 nitrogen and oxygen atoms in total. The molecular formula is C28H19Cl2NO3S. The van der Waals surface area contributed by atoms with Gasteiger partial charge in [-0.15, -0.1) is 0 Å². The summed E-state index contributed by atoms with van der Waals surface area (Å²) < 4.78 is 6.00. The minimum absolute atomic E-state index is 0.221. The summed E-state index contributed by atoms with van der Waals surface area (Å²) in [5, 5.41) is 2.75. The van der Waals surface area contributed by atoms with Crippen molar-refractivity contribution in [2.45, 2.75) is 13.2 Å². The maximum absolute atomic E-state index is 13.2. The largest absolute Gasteiger partial charge is 0.488 e. The van der Waals surface area contributed by atoms with Gasteiger partial charge in [-0.2, -0.15) is 0 Å². The molecule has 174 valence electrons. The minimum Gasteiger partial charge on any atom is -0.488 e. The van der Waals surface area contributed by atoms with Crippen molar-refractivity contribution >= 4 is 63.0 Å². The first-order valence-corrected chi connectivity index (χ1v) is 12.4. The molecule has 0 atom stereocenters. The molecule has 4 aromatic carbocycles. The number of carbonyl (C=O) groups excluding carboxylic acids is 2. The summed E-state index contributed by atoms with van der Waals surface area (Å²) in [4.78, 5) is 27.6. The first kappa shape index (κ1) is 23.5. The monoisotopic (exact) mass is 519 g/mol. The van der Waals surface area contributed by atoms with E-state index in [-0.39, 0.29) is 24.3 Å². The Hall–Kier alpha value is -3.25. The van der Waals surface area contributed by atoms with Gasteiger partial charge < -0.3 is 4.74 Å². The number of para-hydroxylation sites is 1. The van der Waals surface area contributed by atoms with Crippen molar-refractivity contribution in [3.63, 3.8) is 0 Å². The highest BCUT2D eigenvalue weighted by atomic mass is 35.5. The van der Waals surface area contributed by atoms with Crippen LogP contribution in [0.15, 0.2) is 89.8 Å². The first-order valence-electron chi connectivity index (χ1n) is 10.9. The number of hydrogen-bond donors (Lipinski definition) is 0. The van der Waals surface area contributed by atoms with Gasteiger partial charge >= 0.3 is 0 Å². The second-order valence-electron chi connectivity index (χ2n) is 7.98. The Morgan fingerprint density at radius 2 is 1.63 bits per heavy atom. The zero-order valence-electron chi connectivity index (χ0n) is 18.4. The second kappa shape index (κ2) is 10.2. The SMILES string of the molecule is O=C1S/C(=C/c2ccccc2OCc2ccc(Cl)c(Cl)c2)C(=O)N1Cc1cccc2ccccc12. The van der Waals surface area contributed by atoms with E-state index >= 15 is 0 Å². The van der Waals surface area contributed by atoms with Gasteiger partial charge in [-0.05, 0) is 57.9 Å². The molecule has 1 aliphatic rings. The maximum Gasteiger partial charge on any atom is 0.293 e. The average molecular weight is 520 g/mol. The lowest BCUT2D eigenvalue weighted by molar-refractivity contribution is -0.123. The van der Waals surface area contributed by atoms with Crippen LogP contribution in [0.1, 0.15) is 16.7 Å². The van der Waals surface area contributed by atoms with Crippen LogP contribution in [-0.2, 0) is 17.9 Å². The van der Waals surface area contributed by atoms with E-state index in [0.29, 0.717) is 26.3 Å². The van der Waals surface area contributed by atoms with E-state index in [4.69, 9.17) is 27.9 Å². The van der Waals surface area contributed by atoms with Gasteiger partial charge in [-0.3, -0.25) is 14.5 Å². The number of benzene rings is 4. The summed E-state index contributed by atoms with van der Waals surface area (Å²) in [5.74, 6) is 0.284. The van der Waals surface area contributed by atoms with Crippen molar-refractivity contribution in [1.29, 1.82) is 0 Å². The van der Waals surface area contributed by atoms with Gasteiger partial charge in [0.2, 0.25) is 0 Å². The molecule has 0 aliphatic carbocycles. The highest BCUT2D eigenvalue weighted by Gasteiger charge is 2.35. The summed E-state index contributed by atoms with van der Waals surface area (Å²) in [7, 11) is 0. The van der Waals surface area contributed by atoms with Crippen molar-refractivity contribution in [3.8, 4) is 5.75 Å². The van der Waals surface area contributed by atoms with Crippen LogP contribution in [0, 0.1) is 0 Å². The molecule has 0 N–H and O–H groups in total. The number of nitrogens with zero attached hydrogens (tertiary/aromatic N) is 1. The van der Waals surface area contributed by atoms with E-state index in [0.717, 1.165) is 33.7 Å². The summed E-state index contributed by atoms with van der Waals surface area (Å²) >= 11 is 13.0. The zero-order chi connectivity index (χ0) is 24.4. The fraction of sp³-hybridized carbons (Fsp3) is 0.0714. The summed E-state index contributed by atoms with van der Waals surface area (Å²) in [6.07, 6.45) is 1.71. The molecule has 4 aromatic rings. The molecule has 1 saturated heterocycles. The number of ether oxygens (including phenoxy) is 1. The zero-order valence-corrected chi connectivity index (χ0v) is 20.7. The fourth-order valence-corrected chi connectivity index (χ4v) is 5.05. The van der Waals surface area contributed by atoms with Crippen LogP contribution < -0.4 is 4.74 Å². The fourth-order valence-electron chi connectivity index (χ4n) is 3.90. The Balaban J connectivity index is 1.36. The third kappa shape index (κ3) is 5.08. The van der Waals surface area contributed by atoms with Crippen LogP contribution >= 0.6 is 35.0 Å². The van der Waals surface area contributed by atoms with Crippen molar-refractivity contribution in [1.82, 2.24) is 4.90 Å². The minimum atomic E-state index is -0.313. The lowest BCUT2D eigenvalue weighted by Gasteiger charge is -2.14. The first-order chi connectivity index (χ1) is 17.0. The van der Waals surface area contributed by atoms with E-state index in [1.54, 1.807) is 18.2 Å². The Kier molecular flexibility index (Phi) is 6.82. The highest BCUT2D eigenvalue weighted by molar-refractivity contribution is 8.18. The number of amides is 2. The number of rotatable bonds is 6. The maximum atomic E-state index is 13.2. The standard InChI is InChI=1S/C28H19Cl2NO3S/c29-23-13-12-18(14-24(23)30)17-34-25-11-4-2-7-20(25)15-26-27(32)31(28(33)35-26)16-21-9-5-8-19-6-1-3-10-22(19)21/h1-15H,16-17H2/b26-15+. The molecule has 1 heterocycles. The Morgan fingerprint density at radius 1 is 0.857 bits per heavy atom. The molecule has 0 bridgehead atoms. The summed E-state index contributed by atoms with van der Waals surface area (Å²) in [6.45, 7) is 0.503. The Morgan fingerprint density at radius 3 is 2.49 bits per heavy atom. The number of imide groups is 1. The Labute approximate surface area is 217 Å². The van der Waals surface area contributed by atoms with Gasteiger partial charge in [-0.25, -0.2) is 0 Å². The van der Waals surface area contributed by atoms with Crippen LogP contribution in [0.3, 0.4) is 0 Å². The number of fused-ring (bicyclic) bond motifs is 1. The smallest absolute Gasteiger partial charge is 0.293 e. The van der Waals surface area contributed by atoms with Crippen molar-refractivity contribution in [2.24, 2.45) is 0 Å². The predicted octanol–water partition coefficient (Wildman–Crippen LogP) is 7.96. The average Bonchev–Trinajstić information content (AvgIpc) is 3.13. The molecule has 0 radical (unpaired) electrons. The second-order valence-corrected chi connectivity index (χ2v) is 9.79. The number of halogens is 2. The van der Waals surface area contributed by atoms with E-state index in [1.807, 2.05) is 72.8 Å². The molecule has 7 heteroatoms. The molecule has 0 unspecified atom stereocenters.